The number of carboxylic acids is 1. The van der Waals surface area contributed by atoms with Crippen LogP contribution in [0.5, 0.6) is 0 Å². The summed E-state index contributed by atoms with van der Waals surface area (Å²) in [5.74, 6) is -0.829. The second-order valence-electron chi connectivity index (χ2n) is 6.82. The minimum absolute atomic E-state index is 0.0780. The maximum Gasteiger partial charge on any atom is 0.335 e. The zero-order chi connectivity index (χ0) is 16.8. The molecule has 1 fully saturated rings. The number of carboxylic acid groups (broad SMARTS) is 1. The molecule has 23 heavy (non-hydrogen) atoms. The summed E-state index contributed by atoms with van der Waals surface area (Å²) in [5, 5.41) is 8.70. The molecule has 1 N–H and O–H groups in total. The van der Waals surface area contributed by atoms with Crippen LogP contribution in [0, 0.1) is 0 Å². The Hall–Kier alpha value is -0.830. The van der Waals surface area contributed by atoms with E-state index in [1.165, 1.54) is 77.0 Å². The van der Waals surface area contributed by atoms with Crippen LogP contribution in [0.1, 0.15) is 96.8 Å². The van der Waals surface area contributed by atoms with Crippen molar-refractivity contribution >= 4 is 5.97 Å². The highest BCUT2D eigenvalue weighted by Crippen LogP contribution is 2.25. The molecule has 3 nitrogen and oxygen atoms in total. The van der Waals surface area contributed by atoms with Gasteiger partial charge in [-0.3, -0.25) is 0 Å². The van der Waals surface area contributed by atoms with E-state index in [1.807, 2.05) is 0 Å². The van der Waals surface area contributed by atoms with Crippen LogP contribution in [0.2, 0.25) is 0 Å². The molecule has 2 atom stereocenters. The summed E-state index contributed by atoms with van der Waals surface area (Å²) in [4.78, 5) is 10.6. The van der Waals surface area contributed by atoms with Crippen molar-refractivity contribution in [1.29, 1.82) is 0 Å². The van der Waals surface area contributed by atoms with Gasteiger partial charge in [0, 0.05) is 0 Å². The molecule has 1 aliphatic heterocycles. The first kappa shape index (κ1) is 20.2. The van der Waals surface area contributed by atoms with Crippen molar-refractivity contribution in [2.45, 2.75) is 109 Å². The van der Waals surface area contributed by atoms with Gasteiger partial charge in [-0.1, -0.05) is 89.7 Å². The average Bonchev–Trinajstić information content (AvgIpc) is 3.31. The molecule has 0 aromatic rings. The lowest BCUT2D eigenvalue weighted by molar-refractivity contribution is -0.138. The molecule has 1 heterocycles. The molecule has 2 unspecified atom stereocenters. The monoisotopic (exact) mass is 324 g/mol. The van der Waals surface area contributed by atoms with Crippen LogP contribution in [-0.2, 0) is 9.53 Å². The number of unbranched alkanes of at least 4 members (excludes halogenated alkanes) is 12. The average molecular weight is 325 g/mol. The Balaban J connectivity index is 1.73. The van der Waals surface area contributed by atoms with E-state index in [0.29, 0.717) is 0 Å². The number of carbonyl (C=O) groups is 1. The number of epoxide rings is 1. The minimum Gasteiger partial charge on any atom is -0.479 e. The van der Waals surface area contributed by atoms with Crippen molar-refractivity contribution in [3.8, 4) is 0 Å². The van der Waals surface area contributed by atoms with Crippen molar-refractivity contribution in [2.24, 2.45) is 0 Å². The van der Waals surface area contributed by atoms with Gasteiger partial charge in [0.15, 0.2) is 6.10 Å². The van der Waals surface area contributed by atoms with E-state index in [9.17, 15) is 4.79 Å². The number of allylic oxidation sites excluding steroid dienone is 1. The zero-order valence-electron chi connectivity index (χ0n) is 15.0. The van der Waals surface area contributed by atoms with Gasteiger partial charge in [0.25, 0.3) is 0 Å². The van der Waals surface area contributed by atoms with E-state index >= 15 is 0 Å². The highest BCUT2D eigenvalue weighted by molar-refractivity contribution is 5.75. The highest BCUT2D eigenvalue weighted by atomic mass is 16.6. The molecular weight excluding hydrogens is 288 g/mol. The predicted octanol–water partition coefficient (Wildman–Crippen LogP) is 5.88. The van der Waals surface area contributed by atoms with Crippen LogP contribution >= 0.6 is 0 Å². The summed E-state index contributed by atoms with van der Waals surface area (Å²) < 4.78 is 5.05. The molecule has 1 saturated heterocycles. The van der Waals surface area contributed by atoms with Crippen LogP contribution in [0.4, 0.5) is 0 Å². The molecule has 134 valence electrons. The lowest BCUT2D eigenvalue weighted by Gasteiger charge is -2.02. The molecule has 0 aromatic heterocycles. The molecular formula is C20H36O3. The van der Waals surface area contributed by atoms with Crippen LogP contribution in [0.25, 0.3) is 0 Å². The highest BCUT2D eigenvalue weighted by Gasteiger charge is 2.43. The number of hydrogen-bond acceptors (Lipinski definition) is 2. The lowest BCUT2D eigenvalue weighted by Crippen LogP contribution is -2.07. The summed E-state index contributed by atoms with van der Waals surface area (Å²) in [6.45, 7) is 2.27. The predicted molar refractivity (Wildman–Crippen MR) is 95.7 cm³/mol. The van der Waals surface area contributed by atoms with Gasteiger partial charge in [-0.2, -0.15) is 0 Å². The SMILES string of the molecule is CCCCCCCCCCCCCCC=CCC1OC1C(=O)O. The smallest absolute Gasteiger partial charge is 0.335 e. The maximum absolute atomic E-state index is 10.6. The first-order valence-electron chi connectivity index (χ1n) is 9.79. The minimum atomic E-state index is -0.829. The Labute approximate surface area is 142 Å². The summed E-state index contributed by atoms with van der Waals surface area (Å²) >= 11 is 0. The molecule has 0 bridgehead atoms. The summed E-state index contributed by atoms with van der Waals surface area (Å²) in [6.07, 6.45) is 22.1. The molecule has 1 aliphatic rings. The summed E-state index contributed by atoms with van der Waals surface area (Å²) in [5.41, 5.74) is 0. The number of ether oxygens (including phenoxy) is 1. The van der Waals surface area contributed by atoms with E-state index in [-0.39, 0.29) is 6.10 Å². The number of rotatable bonds is 16. The molecule has 0 aromatic carbocycles. The topological polar surface area (TPSA) is 49.8 Å². The van der Waals surface area contributed by atoms with E-state index in [0.717, 1.165) is 12.8 Å². The van der Waals surface area contributed by atoms with Crippen LogP contribution in [0.15, 0.2) is 12.2 Å². The van der Waals surface area contributed by atoms with Gasteiger partial charge in [-0.05, 0) is 19.3 Å². The Morgan fingerprint density at radius 2 is 1.39 bits per heavy atom. The number of hydrogen-bond donors (Lipinski definition) is 1. The lowest BCUT2D eigenvalue weighted by atomic mass is 10.0. The fourth-order valence-corrected chi connectivity index (χ4v) is 2.99. The molecule has 3 heteroatoms. The van der Waals surface area contributed by atoms with Crippen molar-refractivity contribution in [1.82, 2.24) is 0 Å². The molecule has 0 radical (unpaired) electrons. The summed E-state index contributed by atoms with van der Waals surface area (Å²) in [7, 11) is 0. The Morgan fingerprint density at radius 1 is 0.870 bits per heavy atom. The first-order chi connectivity index (χ1) is 11.3. The van der Waals surface area contributed by atoms with Gasteiger partial charge in [0.1, 0.15) is 0 Å². The van der Waals surface area contributed by atoms with Gasteiger partial charge >= 0.3 is 5.97 Å². The van der Waals surface area contributed by atoms with Crippen LogP contribution in [0.3, 0.4) is 0 Å². The largest absolute Gasteiger partial charge is 0.479 e. The Morgan fingerprint density at radius 3 is 1.87 bits per heavy atom. The van der Waals surface area contributed by atoms with Crippen molar-refractivity contribution < 1.29 is 14.6 Å². The fourth-order valence-electron chi connectivity index (χ4n) is 2.99. The van der Waals surface area contributed by atoms with Gasteiger partial charge < -0.3 is 9.84 Å². The van der Waals surface area contributed by atoms with Crippen molar-refractivity contribution in [3.05, 3.63) is 12.2 Å². The standard InChI is InChI=1S/C20H36O3/c1-2-3-4-5-6-7-8-9-10-11-12-13-14-15-16-17-18-19(23-18)20(21)22/h15-16,18-19H,2-14,17H2,1H3,(H,21,22). The molecule has 1 rings (SSSR count). The molecule has 0 saturated carbocycles. The van der Waals surface area contributed by atoms with E-state index in [4.69, 9.17) is 9.84 Å². The van der Waals surface area contributed by atoms with Crippen LogP contribution in [-0.4, -0.2) is 23.3 Å². The Kier molecular flexibility index (Phi) is 11.9. The molecule has 0 aliphatic carbocycles. The van der Waals surface area contributed by atoms with E-state index in [2.05, 4.69) is 19.1 Å². The first-order valence-corrected chi connectivity index (χ1v) is 9.79. The molecule has 0 amide bonds. The van der Waals surface area contributed by atoms with E-state index in [1.54, 1.807) is 0 Å². The van der Waals surface area contributed by atoms with Gasteiger partial charge in [-0.15, -0.1) is 0 Å². The third kappa shape index (κ3) is 11.4. The third-order valence-electron chi connectivity index (χ3n) is 4.59. The second-order valence-corrected chi connectivity index (χ2v) is 6.82. The van der Waals surface area contributed by atoms with Crippen LogP contribution < -0.4 is 0 Å². The molecule has 0 spiro atoms. The number of aliphatic carboxylic acids is 1. The van der Waals surface area contributed by atoms with Gasteiger partial charge in [-0.25, -0.2) is 4.79 Å². The fraction of sp³-hybridized carbons (Fsp3) is 0.850. The quantitative estimate of drug-likeness (QED) is 0.219. The maximum atomic E-state index is 10.6. The third-order valence-corrected chi connectivity index (χ3v) is 4.59. The van der Waals surface area contributed by atoms with Gasteiger partial charge in [0.2, 0.25) is 0 Å². The summed E-state index contributed by atoms with van der Waals surface area (Å²) in [6, 6.07) is 0. The van der Waals surface area contributed by atoms with Crippen molar-refractivity contribution in [2.75, 3.05) is 0 Å². The second kappa shape index (κ2) is 13.6. The van der Waals surface area contributed by atoms with Gasteiger partial charge in [0.05, 0.1) is 6.10 Å². The Bertz CT molecular complexity index is 325. The van der Waals surface area contributed by atoms with E-state index < -0.39 is 12.1 Å². The normalized spacial score (nSPS) is 20.2. The van der Waals surface area contributed by atoms with Crippen molar-refractivity contribution in [3.63, 3.8) is 0 Å². The zero-order valence-corrected chi connectivity index (χ0v) is 15.0.